The molecule has 2 unspecified atom stereocenters. The maximum Gasteiger partial charge on any atom is 0.244 e. The van der Waals surface area contributed by atoms with Crippen molar-refractivity contribution < 1.29 is 13.5 Å². The van der Waals surface area contributed by atoms with Gasteiger partial charge in [0, 0.05) is 25.3 Å². The number of sulfonamides is 1. The van der Waals surface area contributed by atoms with E-state index >= 15 is 0 Å². The lowest BCUT2D eigenvalue weighted by Gasteiger charge is -2.26. The van der Waals surface area contributed by atoms with Crippen LogP contribution in [0.2, 0.25) is 0 Å². The fourth-order valence-corrected chi connectivity index (χ4v) is 4.09. The van der Waals surface area contributed by atoms with Crippen LogP contribution in [-0.2, 0) is 10.0 Å². The van der Waals surface area contributed by atoms with Crippen molar-refractivity contribution in [2.75, 3.05) is 27.2 Å². The second-order valence-electron chi connectivity index (χ2n) is 5.37. The lowest BCUT2D eigenvalue weighted by atomic mass is 10.2. The second-order valence-corrected chi connectivity index (χ2v) is 7.26. The zero-order valence-electron chi connectivity index (χ0n) is 12.0. The van der Waals surface area contributed by atoms with Crippen LogP contribution in [0.3, 0.4) is 0 Å². The molecular formula is C13H18N4O3S. The molecular weight excluding hydrogens is 292 g/mol. The molecule has 0 amide bonds. The molecule has 0 aromatic carbocycles. The van der Waals surface area contributed by atoms with Crippen molar-refractivity contribution in [1.29, 1.82) is 5.26 Å². The van der Waals surface area contributed by atoms with Gasteiger partial charge in [0.25, 0.3) is 0 Å². The summed E-state index contributed by atoms with van der Waals surface area (Å²) in [7, 11) is 0.00314. The van der Waals surface area contributed by atoms with Crippen LogP contribution in [0.15, 0.2) is 23.2 Å². The molecule has 0 bridgehead atoms. The molecule has 1 aliphatic rings. The van der Waals surface area contributed by atoms with E-state index < -0.39 is 16.1 Å². The normalized spacial score (nSPS) is 23.4. The van der Waals surface area contributed by atoms with Crippen molar-refractivity contribution in [3.05, 3.63) is 24.0 Å². The first-order valence-corrected chi connectivity index (χ1v) is 7.99. The van der Waals surface area contributed by atoms with Crippen molar-refractivity contribution >= 4 is 10.0 Å². The molecule has 1 aromatic heterocycles. The highest BCUT2D eigenvalue weighted by Crippen LogP contribution is 2.26. The summed E-state index contributed by atoms with van der Waals surface area (Å²) in [5.41, 5.74) is 0.167. The van der Waals surface area contributed by atoms with Crippen molar-refractivity contribution in [3.63, 3.8) is 0 Å². The molecule has 1 aliphatic heterocycles. The van der Waals surface area contributed by atoms with Gasteiger partial charge in [-0.15, -0.1) is 0 Å². The number of nitrogens with zero attached hydrogens (tertiary/aromatic N) is 4. The van der Waals surface area contributed by atoms with E-state index in [1.165, 1.54) is 22.6 Å². The molecule has 2 rings (SSSR count). The van der Waals surface area contributed by atoms with Crippen molar-refractivity contribution in [2.45, 2.75) is 23.5 Å². The fraction of sp³-hybridized carbons (Fsp3) is 0.538. The van der Waals surface area contributed by atoms with E-state index in [1.54, 1.807) is 0 Å². The van der Waals surface area contributed by atoms with E-state index in [9.17, 15) is 13.5 Å². The predicted molar refractivity (Wildman–Crippen MR) is 75.8 cm³/mol. The summed E-state index contributed by atoms with van der Waals surface area (Å²) >= 11 is 0. The predicted octanol–water partition coefficient (Wildman–Crippen LogP) is -0.361. The van der Waals surface area contributed by atoms with E-state index in [0.717, 1.165) is 0 Å². The highest BCUT2D eigenvalue weighted by molar-refractivity contribution is 7.89. The minimum Gasteiger partial charge on any atom is -0.392 e. The molecule has 114 valence electrons. The zero-order valence-corrected chi connectivity index (χ0v) is 12.8. The van der Waals surface area contributed by atoms with Gasteiger partial charge in [0.1, 0.15) is 16.7 Å². The Morgan fingerprint density at radius 1 is 1.52 bits per heavy atom. The number of hydrogen-bond acceptors (Lipinski definition) is 6. The molecule has 2 atom stereocenters. The molecule has 8 heteroatoms. The third kappa shape index (κ3) is 3.39. The molecule has 0 saturated carbocycles. The first-order chi connectivity index (χ1) is 9.84. The lowest BCUT2D eigenvalue weighted by Crippen LogP contribution is -2.41. The molecule has 0 radical (unpaired) electrons. The van der Waals surface area contributed by atoms with Crippen molar-refractivity contribution in [3.8, 4) is 6.07 Å². The Balaban J connectivity index is 2.30. The maximum absolute atomic E-state index is 12.6. The van der Waals surface area contributed by atoms with E-state index in [4.69, 9.17) is 5.26 Å². The molecule has 1 fully saturated rings. The third-order valence-corrected chi connectivity index (χ3v) is 5.28. The van der Waals surface area contributed by atoms with Gasteiger partial charge in [0.05, 0.1) is 6.10 Å². The Labute approximate surface area is 124 Å². The average molecular weight is 310 g/mol. The smallest absolute Gasteiger partial charge is 0.244 e. The number of pyridine rings is 1. The summed E-state index contributed by atoms with van der Waals surface area (Å²) in [5.74, 6) is 0. The van der Waals surface area contributed by atoms with Crippen LogP contribution >= 0.6 is 0 Å². The molecule has 0 spiro atoms. The van der Waals surface area contributed by atoms with Gasteiger partial charge in [-0.25, -0.2) is 13.4 Å². The molecule has 21 heavy (non-hydrogen) atoms. The van der Waals surface area contributed by atoms with Crippen LogP contribution in [0, 0.1) is 11.3 Å². The molecule has 7 nitrogen and oxygen atoms in total. The van der Waals surface area contributed by atoms with Gasteiger partial charge in [0.2, 0.25) is 10.0 Å². The second kappa shape index (κ2) is 6.07. The topological polar surface area (TPSA) is 97.5 Å². The van der Waals surface area contributed by atoms with Gasteiger partial charge in [-0.05, 0) is 32.6 Å². The summed E-state index contributed by atoms with van der Waals surface area (Å²) in [6, 6.07) is 4.33. The number of hydrogen-bond donors (Lipinski definition) is 1. The number of likely N-dealkylation sites (N-methyl/N-ethyl adjacent to an activating group) is 1. The number of aliphatic hydroxyl groups excluding tert-OH is 1. The summed E-state index contributed by atoms with van der Waals surface area (Å²) < 4.78 is 26.6. The molecule has 2 heterocycles. The first-order valence-electron chi connectivity index (χ1n) is 6.55. The van der Waals surface area contributed by atoms with Crippen LogP contribution < -0.4 is 0 Å². The van der Waals surface area contributed by atoms with Crippen LogP contribution in [0.4, 0.5) is 0 Å². The highest BCUT2D eigenvalue weighted by atomic mass is 32.2. The zero-order chi connectivity index (χ0) is 15.6. The monoisotopic (exact) mass is 310 g/mol. The van der Waals surface area contributed by atoms with Gasteiger partial charge < -0.3 is 10.0 Å². The first kappa shape index (κ1) is 15.9. The summed E-state index contributed by atoms with van der Waals surface area (Å²) in [4.78, 5) is 5.73. The third-order valence-electron chi connectivity index (χ3n) is 3.38. The number of rotatable bonds is 4. The fourth-order valence-electron chi connectivity index (χ4n) is 2.48. The number of nitriles is 1. The van der Waals surface area contributed by atoms with Crippen LogP contribution in [-0.4, -0.2) is 67.0 Å². The van der Waals surface area contributed by atoms with E-state index in [2.05, 4.69) is 4.98 Å². The van der Waals surface area contributed by atoms with Gasteiger partial charge >= 0.3 is 0 Å². The Hall–Kier alpha value is -1.53. The Morgan fingerprint density at radius 3 is 2.76 bits per heavy atom. The summed E-state index contributed by atoms with van der Waals surface area (Å²) in [6.07, 6.45) is 0.947. The molecule has 0 aliphatic carbocycles. The summed E-state index contributed by atoms with van der Waals surface area (Å²) in [5, 5.41) is 18.5. The van der Waals surface area contributed by atoms with Gasteiger partial charge in [-0.2, -0.15) is 9.57 Å². The average Bonchev–Trinajstić information content (AvgIpc) is 2.79. The number of aliphatic hydroxyl groups is 1. The van der Waals surface area contributed by atoms with Crippen molar-refractivity contribution in [1.82, 2.24) is 14.2 Å². The van der Waals surface area contributed by atoms with Gasteiger partial charge in [-0.1, -0.05) is 0 Å². The van der Waals surface area contributed by atoms with Gasteiger partial charge in [-0.3, -0.25) is 0 Å². The van der Waals surface area contributed by atoms with Gasteiger partial charge in [0.15, 0.2) is 0 Å². The van der Waals surface area contributed by atoms with Crippen LogP contribution in [0.25, 0.3) is 0 Å². The quantitative estimate of drug-likeness (QED) is 0.815. The van der Waals surface area contributed by atoms with Crippen LogP contribution in [0.1, 0.15) is 12.1 Å². The minimum absolute atomic E-state index is 0.0411. The lowest BCUT2D eigenvalue weighted by molar-refractivity contribution is 0.188. The van der Waals surface area contributed by atoms with Crippen molar-refractivity contribution in [2.24, 2.45) is 0 Å². The number of β-amino-alcohol motifs (C(OH)–C–C–N with tert-alkyl or cyclic N) is 1. The Kier molecular flexibility index (Phi) is 4.58. The minimum atomic E-state index is -3.72. The van der Waals surface area contributed by atoms with E-state index in [0.29, 0.717) is 13.0 Å². The van der Waals surface area contributed by atoms with Crippen LogP contribution in [0.5, 0.6) is 0 Å². The highest BCUT2D eigenvalue weighted by Gasteiger charge is 2.39. The Bertz CT molecular complexity index is 636. The molecule has 1 aromatic rings. The molecule has 1 N–H and O–H groups in total. The summed E-state index contributed by atoms with van der Waals surface area (Å²) in [6.45, 7) is 0.626. The van der Waals surface area contributed by atoms with E-state index in [-0.39, 0.29) is 23.2 Å². The largest absolute Gasteiger partial charge is 0.392 e. The standard InChI is InChI=1S/C13H18N4O3S/c1-16(2)8-11-5-12(18)9-17(11)21(19,20)13-4-3-10(6-14)15-7-13/h3-4,7,11-12,18H,5,8-9H2,1-2H3. The SMILES string of the molecule is CN(C)CC1CC(O)CN1S(=O)(=O)c1ccc(C#N)nc1. The Morgan fingerprint density at radius 2 is 2.24 bits per heavy atom. The number of aromatic nitrogens is 1. The van der Waals surface area contributed by atoms with E-state index in [1.807, 2.05) is 25.1 Å². The maximum atomic E-state index is 12.6. The molecule has 1 saturated heterocycles.